The first-order valence-corrected chi connectivity index (χ1v) is 21.6. The molecule has 0 radical (unpaired) electrons. The zero-order valence-electron chi connectivity index (χ0n) is 36.7. The summed E-state index contributed by atoms with van der Waals surface area (Å²) >= 11 is 0. The van der Waals surface area contributed by atoms with Crippen molar-refractivity contribution in [3.8, 4) is 44.8 Å². The van der Waals surface area contributed by atoms with Gasteiger partial charge in [0.25, 0.3) is 0 Å². The largest absolute Gasteiger partial charge is 0.417 e. The van der Waals surface area contributed by atoms with Crippen molar-refractivity contribution in [2.75, 3.05) is 0 Å². The van der Waals surface area contributed by atoms with Gasteiger partial charge in [0.2, 0.25) is 0 Å². The number of fused-ring (bicyclic) bond motifs is 6. The summed E-state index contributed by atoms with van der Waals surface area (Å²) in [6, 6.07) is 25.6. The molecule has 2 heterocycles. The Labute approximate surface area is 403 Å². The van der Waals surface area contributed by atoms with Crippen LogP contribution in [0, 0.1) is 0 Å². The van der Waals surface area contributed by atoms with E-state index < -0.39 is 92.9 Å². The maximum atomic E-state index is 15.5. The lowest BCUT2D eigenvalue weighted by atomic mass is 9.95. The number of halogens is 18. The van der Waals surface area contributed by atoms with Crippen molar-refractivity contribution in [2.24, 2.45) is 0 Å². The van der Waals surface area contributed by atoms with Crippen LogP contribution in [0.5, 0.6) is 0 Å². The highest BCUT2D eigenvalue weighted by atomic mass is 19.4. The first-order chi connectivity index (χ1) is 34.5. The molecule has 2 nitrogen and oxygen atoms in total. The fourth-order valence-corrected chi connectivity index (χ4v) is 9.49. The van der Waals surface area contributed by atoms with E-state index in [4.69, 9.17) is 0 Å². The molecule has 74 heavy (non-hydrogen) atoms. The van der Waals surface area contributed by atoms with Crippen LogP contribution in [0.25, 0.3) is 88.4 Å². The lowest BCUT2D eigenvalue weighted by Gasteiger charge is -2.23. The zero-order chi connectivity index (χ0) is 53.2. The maximum Gasteiger partial charge on any atom is 0.417 e. The summed E-state index contributed by atoms with van der Waals surface area (Å²) in [4.78, 5) is 0. The molecule has 20 heteroatoms. The molecule has 10 rings (SSSR count). The summed E-state index contributed by atoms with van der Waals surface area (Å²) in [5.41, 5.74) is -12.3. The molecule has 0 aliphatic heterocycles. The molecule has 0 N–H and O–H groups in total. The Morgan fingerprint density at radius 2 is 0.635 bits per heavy atom. The maximum absolute atomic E-state index is 15.5. The Morgan fingerprint density at radius 3 is 1.03 bits per heavy atom. The molecule has 0 atom stereocenters. The monoisotopic (exact) mass is 1040 g/mol. The second-order valence-corrected chi connectivity index (χ2v) is 17.1. The SMILES string of the molecule is FC(F)(F)c1cccc(-c2c(-n3c4ccccc4c4cc(-c5ccc(C(F)(F)F)cc5C(F)(F)F)ccc43)cc(C(F)(F)F)cc2-n2c3ccccc3c3cc(-c4ccc(C(F)(F)F)cc4C(F)(F)F)ccc32)c1. The molecule has 0 unspecified atom stereocenters. The summed E-state index contributed by atoms with van der Waals surface area (Å²) in [7, 11) is 0. The normalized spacial score (nSPS) is 13.3. The second kappa shape index (κ2) is 16.8. The topological polar surface area (TPSA) is 9.86 Å². The molecule has 0 saturated heterocycles. The number of rotatable bonds is 5. The summed E-state index contributed by atoms with van der Waals surface area (Å²) in [5.74, 6) is 0. The van der Waals surface area contributed by atoms with E-state index >= 15 is 13.2 Å². The fraction of sp³-hybridized carbons (Fsp3) is 0.111. The van der Waals surface area contributed by atoms with E-state index in [-0.39, 0.29) is 78.0 Å². The average Bonchev–Trinajstić information content (AvgIpc) is 3.83. The van der Waals surface area contributed by atoms with Gasteiger partial charge in [0.1, 0.15) is 0 Å². The third-order valence-electron chi connectivity index (χ3n) is 12.7. The zero-order valence-corrected chi connectivity index (χ0v) is 36.7. The number of benzene rings is 8. The van der Waals surface area contributed by atoms with E-state index in [1.165, 1.54) is 88.0 Å². The average molecular weight is 1040 g/mol. The van der Waals surface area contributed by atoms with E-state index in [0.717, 1.165) is 18.2 Å². The first-order valence-electron chi connectivity index (χ1n) is 21.6. The molecule has 0 bridgehead atoms. The van der Waals surface area contributed by atoms with E-state index in [2.05, 4.69) is 0 Å². The highest BCUT2D eigenvalue weighted by Crippen LogP contribution is 2.49. The van der Waals surface area contributed by atoms with Gasteiger partial charge in [0.05, 0.1) is 66.8 Å². The molecule has 10 aromatic rings. The predicted molar refractivity (Wildman–Crippen MR) is 241 cm³/mol. The van der Waals surface area contributed by atoms with Crippen LogP contribution >= 0.6 is 0 Å². The van der Waals surface area contributed by atoms with Gasteiger partial charge in [-0.3, -0.25) is 0 Å². The van der Waals surface area contributed by atoms with Crippen molar-refractivity contribution < 1.29 is 79.0 Å². The van der Waals surface area contributed by atoms with Crippen molar-refractivity contribution in [1.29, 1.82) is 0 Å². The summed E-state index contributed by atoms with van der Waals surface area (Å²) < 4.78 is 262. The fourth-order valence-electron chi connectivity index (χ4n) is 9.49. The molecular weight excluding hydrogens is 1020 g/mol. The van der Waals surface area contributed by atoms with Crippen molar-refractivity contribution in [2.45, 2.75) is 37.1 Å². The van der Waals surface area contributed by atoms with Crippen LogP contribution in [0.15, 0.2) is 158 Å². The van der Waals surface area contributed by atoms with Crippen molar-refractivity contribution >= 4 is 43.6 Å². The van der Waals surface area contributed by atoms with Gasteiger partial charge in [0.15, 0.2) is 0 Å². The molecule has 0 aliphatic carbocycles. The molecule has 0 amide bonds. The van der Waals surface area contributed by atoms with Gasteiger partial charge >= 0.3 is 37.1 Å². The quantitative estimate of drug-likeness (QED) is 0.152. The van der Waals surface area contributed by atoms with Crippen LogP contribution in [0.4, 0.5) is 79.0 Å². The second-order valence-electron chi connectivity index (χ2n) is 17.1. The van der Waals surface area contributed by atoms with Crippen molar-refractivity contribution in [1.82, 2.24) is 9.13 Å². The number of alkyl halides is 18. The highest BCUT2D eigenvalue weighted by molar-refractivity contribution is 6.13. The minimum absolute atomic E-state index is 0.0159. The third kappa shape index (κ3) is 8.62. The van der Waals surface area contributed by atoms with Crippen LogP contribution < -0.4 is 0 Å². The van der Waals surface area contributed by atoms with Gasteiger partial charge in [-0.2, -0.15) is 79.0 Å². The molecule has 0 fully saturated rings. The molecule has 378 valence electrons. The smallest absolute Gasteiger partial charge is 0.309 e. The number of aromatic nitrogens is 2. The Kier molecular flexibility index (Phi) is 11.3. The summed E-state index contributed by atoms with van der Waals surface area (Å²) in [6.07, 6.45) is -31.2. The van der Waals surface area contributed by atoms with Crippen LogP contribution in [-0.4, -0.2) is 9.13 Å². The van der Waals surface area contributed by atoms with E-state index in [0.29, 0.717) is 48.5 Å². The highest BCUT2D eigenvalue weighted by Gasteiger charge is 2.41. The van der Waals surface area contributed by atoms with Crippen LogP contribution in [0.2, 0.25) is 0 Å². The third-order valence-corrected chi connectivity index (χ3v) is 12.7. The van der Waals surface area contributed by atoms with Gasteiger partial charge < -0.3 is 9.13 Å². The lowest BCUT2D eigenvalue weighted by molar-refractivity contribution is -0.144. The van der Waals surface area contributed by atoms with E-state index in [9.17, 15) is 65.9 Å². The van der Waals surface area contributed by atoms with Crippen LogP contribution in [-0.2, 0) is 37.1 Å². The lowest BCUT2D eigenvalue weighted by Crippen LogP contribution is -2.12. The van der Waals surface area contributed by atoms with Gasteiger partial charge in [-0.05, 0) is 113 Å². The Hall–Kier alpha value is -7.90. The minimum Gasteiger partial charge on any atom is -0.309 e. The molecular formula is C54H26F18N2. The molecule has 0 aliphatic rings. The molecule has 8 aromatic carbocycles. The summed E-state index contributed by atoms with van der Waals surface area (Å²) in [6.45, 7) is 0. The molecule has 2 aromatic heterocycles. The van der Waals surface area contributed by atoms with Crippen LogP contribution in [0.1, 0.15) is 33.4 Å². The van der Waals surface area contributed by atoms with Gasteiger partial charge in [-0.15, -0.1) is 0 Å². The standard InChI is InChI=1S/C54H26F18N2/c55-49(56,57)30-7-5-6-29(20-30)48-46(73-42-10-3-1-8-36(42)38-21-27(12-18-44(38)73)34-16-14-31(50(58,59)60)23-40(34)53(67,68)69)25-33(52(64,65)66)26-47(48)74-43-11-4-2-9-37(43)39-22-28(13-19-45(39)74)35-17-15-32(51(61,62)63)24-41(35)54(70,71)72/h1-26H. The van der Waals surface area contributed by atoms with E-state index in [1.54, 1.807) is 0 Å². The predicted octanol–water partition coefficient (Wildman–Crippen LogP) is 19.0. The summed E-state index contributed by atoms with van der Waals surface area (Å²) in [5, 5.41) is 0.492. The minimum atomic E-state index is -5.31. The first kappa shape index (κ1) is 49.7. The molecule has 0 spiro atoms. The van der Waals surface area contributed by atoms with Crippen molar-refractivity contribution in [3.05, 3.63) is 191 Å². The van der Waals surface area contributed by atoms with Gasteiger partial charge in [-0.1, -0.05) is 72.8 Å². The van der Waals surface area contributed by atoms with Crippen LogP contribution in [0.3, 0.4) is 0 Å². The van der Waals surface area contributed by atoms with E-state index in [1.807, 2.05) is 0 Å². The van der Waals surface area contributed by atoms with Gasteiger partial charge in [0, 0.05) is 27.1 Å². The Morgan fingerprint density at radius 1 is 0.257 bits per heavy atom. The Bertz CT molecular complexity index is 3660. The molecule has 0 saturated carbocycles. The number of para-hydroxylation sites is 2. The van der Waals surface area contributed by atoms with Gasteiger partial charge in [-0.25, -0.2) is 0 Å². The Balaban J connectivity index is 1.31. The van der Waals surface area contributed by atoms with Crippen molar-refractivity contribution in [3.63, 3.8) is 0 Å². The number of hydrogen-bond acceptors (Lipinski definition) is 0. The number of nitrogens with zero attached hydrogens (tertiary/aromatic N) is 2. The number of hydrogen-bond donors (Lipinski definition) is 0.